The summed E-state index contributed by atoms with van der Waals surface area (Å²) in [6.07, 6.45) is 0. The number of nitrogens with one attached hydrogen (secondary N) is 1. The van der Waals surface area contributed by atoms with E-state index in [-0.39, 0.29) is 33.9 Å². The molecule has 0 aliphatic carbocycles. The highest BCUT2D eigenvalue weighted by molar-refractivity contribution is 7.86. The van der Waals surface area contributed by atoms with E-state index in [1.807, 2.05) is 31.2 Å². The minimum atomic E-state index is -4.47. The molecule has 1 heterocycles. The van der Waals surface area contributed by atoms with Gasteiger partial charge in [0.1, 0.15) is 10.6 Å². The predicted octanol–water partition coefficient (Wildman–Crippen LogP) is 3.36. The van der Waals surface area contributed by atoms with Crippen molar-refractivity contribution >= 4 is 44.8 Å². The molecule has 0 aliphatic heterocycles. The zero-order valence-electron chi connectivity index (χ0n) is 14.7. The Kier molecular flexibility index (Phi) is 5.20. The first kappa shape index (κ1) is 19.2. The normalized spacial score (nSPS) is 11.6. The number of hydrogen-bond acceptors (Lipinski definition) is 9. The van der Waals surface area contributed by atoms with Crippen LogP contribution in [0.3, 0.4) is 0 Å². The molecule has 2 aromatic carbocycles. The molecule has 0 bridgehead atoms. The van der Waals surface area contributed by atoms with Crippen molar-refractivity contribution in [2.24, 2.45) is 10.2 Å². The second-order valence-electron chi connectivity index (χ2n) is 5.80. The van der Waals surface area contributed by atoms with Crippen molar-refractivity contribution in [3.05, 3.63) is 54.1 Å². The largest absolute Gasteiger partial charge is 0.382 e. The number of aromatic nitrogens is 2. The number of azo groups is 1. The van der Waals surface area contributed by atoms with Crippen LogP contribution in [0.2, 0.25) is 0 Å². The highest BCUT2D eigenvalue weighted by Crippen LogP contribution is 2.34. The number of aryl methyl sites for hydroxylation is 1. The van der Waals surface area contributed by atoms with Gasteiger partial charge in [0, 0.05) is 5.69 Å². The number of nitrogen functional groups attached to an aromatic ring is 2. The monoisotopic (exact) mass is 399 g/mol. The van der Waals surface area contributed by atoms with Crippen molar-refractivity contribution in [3.8, 4) is 0 Å². The number of anilines is 4. The average Bonchev–Trinajstić information content (AvgIpc) is 2.62. The predicted molar refractivity (Wildman–Crippen MR) is 106 cm³/mol. The summed E-state index contributed by atoms with van der Waals surface area (Å²) >= 11 is 0. The van der Waals surface area contributed by atoms with Crippen molar-refractivity contribution in [1.82, 2.24) is 9.97 Å². The Bertz CT molecular complexity index is 1150. The first-order chi connectivity index (χ1) is 13.2. The lowest BCUT2D eigenvalue weighted by Crippen LogP contribution is -2.04. The minimum Gasteiger partial charge on any atom is -0.382 e. The number of hydrogen-bond donors (Lipinski definition) is 4. The summed E-state index contributed by atoms with van der Waals surface area (Å²) in [5.41, 5.74) is 13.3. The summed E-state index contributed by atoms with van der Waals surface area (Å²) in [5, 5.41) is 10.9. The van der Waals surface area contributed by atoms with Gasteiger partial charge in [-0.2, -0.15) is 18.4 Å². The smallest absolute Gasteiger partial charge is 0.296 e. The Morgan fingerprint density at radius 1 is 1.00 bits per heavy atom. The van der Waals surface area contributed by atoms with E-state index >= 15 is 0 Å². The van der Waals surface area contributed by atoms with Crippen molar-refractivity contribution in [2.75, 3.05) is 16.8 Å². The van der Waals surface area contributed by atoms with Gasteiger partial charge >= 0.3 is 0 Å². The van der Waals surface area contributed by atoms with Crippen molar-refractivity contribution in [3.63, 3.8) is 0 Å². The standard InChI is InChI=1S/C17H17N7O3S/c1-10-6-8-11(9-7-10)20-16-14(15(18)21-17(19)22-16)24-23-12-4-2-3-5-13(12)28(25,26)27/h2-9H,1H3,(H,25,26,27)(H5,18,19,20,21,22). The van der Waals surface area contributed by atoms with Gasteiger partial charge in [0.05, 0.1) is 0 Å². The molecular weight excluding hydrogens is 382 g/mol. The molecule has 144 valence electrons. The van der Waals surface area contributed by atoms with Gasteiger partial charge in [0.2, 0.25) is 5.95 Å². The van der Waals surface area contributed by atoms with Gasteiger partial charge in [-0.25, -0.2) is 0 Å². The molecule has 1 aromatic heterocycles. The third kappa shape index (κ3) is 4.39. The van der Waals surface area contributed by atoms with Crippen LogP contribution in [0.25, 0.3) is 0 Å². The van der Waals surface area contributed by atoms with E-state index in [2.05, 4.69) is 25.5 Å². The van der Waals surface area contributed by atoms with Crippen LogP contribution >= 0.6 is 0 Å². The van der Waals surface area contributed by atoms with Gasteiger partial charge in [-0.3, -0.25) is 4.55 Å². The van der Waals surface area contributed by atoms with E-state index < -0.39 is 10.1 Å². The van der Waals surface area contributed by atoms with Gasteiger partial charge in [-0.1, -0.05) is 29.8 Å². The van der Waals surface area contributed by atoms with E-state index in [0.717, 1.165) is 5.56 Å². The van der Waals surface area contributed by atoms with Crippen LogP contribution in [-0.4, -0.2) is 22.9 Å². The fourth-order valence-corrected chi connectivity index (χ4v) is 2.93. The molecule has 0 spiro atoms. The van der Waals surface area contributed by atoms with Crippen molar-refractivity contribution in [2.45, 2.75) is 11.8 Å². The maximum Gasteiger partial charge on any atom is 0.296 e. The highest BCUT2D eigenvalue weighted by Gasteiger charge is 2.16. The Balaban J connectivity index is 2.03. The van der Waals surface area contributed by atoms with E-state index in [1.54, 1.807) is 6.07 Å². The summed E-state index contributed by atoms with van der Waals surface area (Å²) in [7, 11) is -4.47. The molecule has 0 amide bonds. The maximum atomic E-state index is 11.5. The van der Waals surface area contributed by atoms with E-state index in [4.69, 9.17) is 11.5 Å². The van der Waals surface area contributed by atoms with Crippen LogP contribution in [-0.2, 0) is 10.1 Å². The fraction of sp³-hybridized carbons (Fsp3) is 0.0588. The first-order valence-corrected chi connectivity index (χ1v) is 9.43. The third-order valence-corrected chi connectivity index (χ3v) is 4.54. The zero-order valence-corrected chi connectivity index (χ0v) is 15.6. The van der Waals surface area contributed by atoms with Gasteiger partial charge in [0.25, 0.3) is 10.1 Å². The van der Waals surface area contributed by atoms with Gasteiger partial charge < -0.3 is 16.8 Å². The molecule has 6 N–H and O–H groups in total. The number of benzene rings is 2. The van der Waals surface area contributed by atoms with Crippen LogP contribution in [0.5, 0.6) is 0 Å². The lowest BCUT2D eigenvalue weighted by molar-refractivity contribution is 0.483. The van der Waals surface area contributed by atoms with Gasteiger partial charge in [0.15, 0.2) is 17.3 Å². The average molecular weight is 399 g/mol. The Morgan fingerprint density at radius 3 is 2.36 bits per heavy atom. The van der Waals surface area contributed by atoms with E-state index in [0.29, 0.717) is 5.69 Å². The molecule has 10 nitrogen and oxygen atoms in total. The zero-order chi connectivity index (χ0) is 20.3. The van der Waals surface area contributed by atoms with Crippen LogP contribution in [0.15, 0.2) is 63.7 Å². The third-order valence-electron chi connectivity index (χ3n) is 3.64. The van der Waals surface area contributed by atoms with Crippen molar-refractivity contribution < 1.29 is 13.0 Å². The molecule has 0 saturated heterocycles. The summed E-state index contributed by atoms with van der Waals surface area (Å²) < 4.78 is 32.3. The van der Waals surface area contributed by atoms with Crippen LogP contribution in [0.1, 0.15) is 5.56 Å². The Morgan fingerprint density at radius 2 is 1.68 bits per heavy atom. The van der Waals surface area contributed by atoms with E-state index in [1.165, 1.54) is 18.2 Å². The summed E-state index contributed by atoms with van der Waals surface area (Å²) in [6, 6.07) is 13.1. The van der Waals surface area contributed by atoms with Crippen LogP contribution in [0.4, 0.5) is 34.6 Å². The molecule has 0 atom stereocenters. The second kappa shape index (κ2) is 7.58. The highest BCUT2D eigenvalue weighted by atomic mass is 32.2. The van der Waals surface area contributed by atoms with Crippen LogP contribution < -0.4 is 16.8 Å². The minimum absolute atomic E-state index is 0.0461. The number of nitrogens with two attached hydrogens (primary N) is 2. The SMILES string of the molecule is Cc1ccc(Nc2nc(N)nc(N)c2N=Nc2ccccc2S(=O)(=O)O)cc1. The molecule has 28 heavy (non-hydrogen) atoms. The lowest BCUT2D eigenvalue weighted by atomic mass is 10.2. The number of nitrogens with zero attached hydrogens (tertiary/aromatic N) is 4. The molecule has 0 aliphatic rings. The molecule has 3 rings (SSSR count). The molecular formula is C17H17N7O3S. The topological polar surface area (TPSA) is 169 Å². The first-order valence-electron chi connectivity index (χ1n) is 7.99. The molecule has 3 aromatic rings. The molecule has 0 saturated carbocycles. The number of rotatable bonds is 5. The summed E-state index contributed by atoms with van der Waals surface area (Å²) in [5.74, 6) is 0.0848. The Labute approximate surface area is 161 Å². The fourth-order valence-electron chi connectivity index (χ4n) is 2.31. The molecule has 11 heteroatoms. The van der Waals surface area contributed by atoms with E-state index in [9.17, 15) is 13.0 Å². The van der Waals surface area contributed by atoms with Gasteiger partial charge in [-0.05, 0) is 31.2 Å². The molecule has 0 fully saturated rings. The summed E-state index contributed by atoms with van der Waals surface area (Å²) in [6.45, 7) is 1.96. The quantitative estimate of drug-likeness (QED) is 0.374. The molecule has 0 unspecified atom stereocenters. The maximum absolute atomic E-state index is 11.5. The molecule has 0 radical (unpaired) electrons. The summed E-state index contributed by atoms with van der Waals surface area (Å²) in [4.78, 5) is 7.56. The Hall–Kier alpha value is -3.57. The second-order valence-corrected chi connectivity index (χ2v) is 7.19. The van der Waals surface area contributed by atoms with Crippen molar-refractivity contribution in [1.29, 1.82) is 0 Å². The van der Waals surface area contributed by atoms with Gasteiger partial charge in [-0.15, -0.1) is 10.2 Å². The van der Waals surface area contributed by atoms with Crippen LogP contribution in [0, 0.1) is 6.92 Å². The lowest BCUT2D eigenvalue weighted by Gasteiger charge is -2.10.